The number of ether oxygens (including phenoxy) is 1. The zero-order valence-corrected chi connectivity index (χ0v) is 12.7. The van der Waals surface area contributed by atoms with Gasteiger partial charge in [-0.15, -0.1) is 12.4 Å². The highest BCUT2D eigenvalue weighted by Gasteiger charge is 2.23. The van der Waals surface area contributed by atoms with Gasteiger partial charge in [0.15, 0.2) is 0 Å². The standard InChI is InChI=1S/C14H20N2O3.ClH/c1-4-11(14(18)19-3)16-13(17)12(15)10-7-5-9(2)6-8-10;/h5-8,11-12H,4,15H2,1-3H3,(H,16,17);1H. The predicted octanol–water partition coefficient (Wildman–Crippen LogP) is 1.48. The van der Waals surface area contributed by atoms with Crippen LogP contribution in [0.3, 0.4) is 0 Å². The Morgan fingerprint density at radius 1 is 1.30 bits per heavy atom. The molecule has 5 nitrogen and oxygen atoms in total. The summed E-state index contributed by atoms with van der Waals surface area (Å²) < 4.78 is 4.61. The van der Waals surface area contributed by atoms with E-state index >= 15 is 0 Å². The smallest absolute Gasteiger partial charge is 0.328 e. The van der Waals surface area contributed by atoms with E-state index in [4.69, 9.17) is 5.73 Å². The quantitative estimate of drug-likeness (QED) is 0.807. The predicted molar refractivity (Wildman–Crippen MR) is 79.6 cm³/mol. The van der Waals surface area contributed by atoms with Gasteiger partial charge in [0.25, 0.3) is 0 Å². The summed E-state index contributed by atoms with van der Waals surface area (Å²) in [4.78, 5) is 23.4. The Labute approximate surface area is 125 Å². The van der Waals surface area contributed by atoms with Crippen molar-refractivity contribution >= 4 is 24.3 Å². The Bertz CT molecular complexity index is 448. The van der Waals surface area contributed by atoms with Crippen LogP contribution in [0.15, 0.2) is 24.3 Å². The molecule has 0 spiro atoms. The molecule has 0 radical (unpaired) electrons. The Morgan fingerprint density at radius 2 is 1.85 bits per heavy atom. The molecule has 0 aliphatic heterocycles. The number of methoxy groups -OCH3 is 1. The van der Waals surface area contributed by atoms with E-state index in [0.29, 0.717) is 12.0 Å². The third-order valence-electron chi connectivity index (χ3n) is 2.93. The van der Waals surface area contributed by atoms with Crippen LogP contribution in [0.1, 0.15) is 30.5 Å². The van der Waals surface area contributed by atoms with Gasteiger partial charge in [-0.1, -0.05) is 36.8 Å². The monoisotopic (exact) mass is 300 g/mol. The summed E-state index contributed by atoms with van der Waals surface area (Å²) >= 11 is 0. The minimum Gasteiger partial charge on any atom is -0.467 e. The summed E-state index contributed by atoms with van der Waals surface area (Å²) in [5.41, 5.74) is 7.67. The molecule has 1 aromatic carbocycles. The van der Waals surface area contributed by atoms with Gasteiger partial charge >= 0.3 is 5.97 Å². The first-order chi connectivity index (χ1) is 8.99. The molecule has 2 atom stereocenters. The Kier molecular flexibility index (Phi) is 7.87. The van der Waals surface area contributed by atoms with E-state index < -0.39 is 18.1 Å². The first kappa shape index (κ1) is 18.4. The van der Waals surface area contributed by atoms with Crippen molar-refractivity contribution in [1.82, 2.24) is 5.32 Å². The van der Waals surface area contributed by atoms with Gasteiger partial charge in [0.2, 0.25) is 5.91 Å². The summed E-state index contributed by atoms with van der Waals surface area (Å²) in [6.45, 7) is 3.75. The lowest BCUT2D eigenvalue weighted by molar-refractivity contribution is -0.145. The lowest BCUT2D eigenvalue weighted by atomic mass is 10.0. The number of halogens is 1. The molecule has 20 heavy (non-hydrogen) atoms. The average Bonchev–Trinajstić information content (AvgIpc) is 2.43. The van der Waals surface area contributed by atoms with Crippen LogP contribution in [0.4, 0.5) is 0 Å². The van der Waals surface area contributed by atoms with E-state index in [2.05, 4.69) is 10.1 Å². The van der Waals surface area contributed by atoms with Crippen LogP contribution < -0.4 is 11.1 Å². The lowest BCUT2D eigenvalue weighted by Gasteiger charge is -2.18. The van der Waals surface area contributed by atoms with Crippen molar-refractivity contribution in [2.45, 2.75) is 32.4 Å². The minimum absolute atomic E-state index is 0. The highest BCUT2D eigenvalue weighted by atomic mass is 35.5. The highest BCUT2D eigenvalue weighted by Crippen LogP contribution is 2.12. The molecule has 6 heteroatoms. The zero-order valence-electron chi connectivity index (χ0n) is 11.9. The van der Waals surface area contributed by atoms with Gasteiger partial charge < -0.3 is 15.8 Å². The third kappa shape index (κ3) is 4.83. The molecule has 0 saturated carbocycles. The molecule has 0 aliphatic rings. The number of rotatable bonds is 5. The Balaban J connectivity index is 0.00000361. The highest BCUT2D eigenvalue weighted by molar-refractivity contribution is 5.88. The summed E-state index contributed by atoms with van der Waals surface area (Å²) in [6.07, 6.45) is 0.457. The Morgan fingerprint density at radius 3 is 2.30 bits per heavy atom. The SMILES string of the molecule is CCC(NC(=O)C(N)c1ccc(C)cc1)C(=O)OC.Cl. The van der Waals surface area contributed by atoms with E-state index in [0.717, 1.165) is 5.56 Å². The summed E-state index contributed by atoms with van der Waals surface area (Å²) in [7, 11) is 1.29. The molecule has 3 N–H and O–H groups in total. The van der Waals surface area contributed by atoms with Gasteiger partial charge in [-0.05, 0) is 18.9 Å². The van der Waals surface area contributed by atoms with Gasteiger partial charge in [-0.25, -0.2) is 4.79 Å². The van der Waals surface area contributed by atoms with Crippen molar-refractivity contribution in [3.8, 4) is 0 Å². The van der Waals surface area contributed by atoms with Gasteiger partial charge in [-0.2, -0.15) is 0 Å². The fourth-order valence-corrected chi connectivity index (χ4v) is 1.66. The number of hydrogen-bond donors (Lipinski definition) is 2. The fourth-order valence-electron chi connectivity index (χ4n) is 1.66. The maximum absolute atomic E-state index is 12.0. The molecule has 112 valence electrons. The summed E-state index contributed by atoms with van der Waals surface area (Å²) in [5.74, 6) is -0.854. The number of nitrogens with one attached hydrogen (secondary N) is 1. The average molecular weight is 301 g/mol. The second-order valence-electron chi connectivity index (χ2n) is 4.38. The van der Waals surface area contributed by atoms with E-state index in [1.54, 1.807) is 19.1 Å². The lowest BCUT2D eigenvalue weighted by Crippen LogP contribution is -2.45. The fraction of sp³-hybridized carbons (Fsp3) is 0.429. The van der Waals surface area contributed by atoms with E-state index in [1.807, 2.05) is 19.1 Å². The molecule has 0 fully saturated rings. The van der Waals surface area contributed by atoms with Gasteiger partial charge in [0.1, 0.15) is 12.1 Å². The third-order valence-corrected chi connectivity index (χ3v) is 2.93. The molecule has 2 unspecified atom stereocenters. The van der Waals surface area contributed by atoms with E-state index in [1.165, 1.54) is 7.11 Å². The number of nitrogens with two attached hydrogens (primary N) is 1. The molecule has 0 aromatic heterocycles. The van der Waals surface area contributed by atoms with Crippen LogP contribution in [0.2, 0.25) is 0 Å². The second kappa shape index (κ2) is 8.55. The summed E-state index contributed by atoms with van der Waals surface area (Å²) in [6, 6.07) is 5.94. The zero-order chi connectivity index (χ0) is 14.4. The molecular weight excluding hydrogens is 280 g/mol. The largest absolute Gasteiger partial charge is 0.467 e. The van der Waals surface area contributed by atoms with Crippen LogP contribution in [-0.2, 0) is 14.3 Å². The molecular formula is C14H21ClN2O3. The number of amides is 1. The number of carbonyl (C=O) groups is 2. The molecule has 0 heterocycles. The van der Waals surface area contributed by atoms with Crippen molar-refractivity contribution in [2.75, 3.05) is 7.11 Å². The number of esters is 1. The molecule has 0 aliphatic carbocycles. The minimum atomic E-state index is -0.792. The number of aryl methyl sites for hydroxylation is 1. The topological polar surface area (TPSA) is 81.4 Å². The molecule has 0 bridgehead atoms. The molecule has 1 rings (SSSR count). The first-order valence-electron chi connectivity index (χ1n) is 6.20. The normalized spacial score (nSPS) is 12.8. The van der Waals surface area contributed by atoms with Crippen LogP contribution in [0.5, 0.6) is 0 Å². The maximum atomic E-state index is 12.0. The van der Waals surface area contributed by atoms with Gasteiger partial charge in [-0.3, -0.25) is 4.79 Å². The molecule has 0 saturated heterocycles. The number of benzene rings is 1. The van der Waals surface area contributed by atoms with Gasteiger partial charge in [0, 0.05) is 0 Å². The van der Waals surface area contributed by atoms with Crippen LogP contribution >= 0.6 is 12.4 Å². The van der Waals surface area contributed by atoms with E-state index in [-0.39, 0.29) is 18.3 Å². The Hall–Kier alpha value is -1.59. The van der Waals surface area contributed by atoms with Crippen molar-refractivity contribution in [2.24, 2.45) is 5.73 Å². The molecule has 1 aromatic rings. The molecule has 1 amide bonds. The maximum Gasteiger partial charge on any atom is 0.328 e. The first-order valence-corrected chi connectivity index (χ1v) is 6.20. The number of hydrogen-bond acceptors (Lipinski definition) is 4. The summed E-state index contributed by atoms with van der Waals surface area (Å²) in [5, 5.41) is 2.59. The van der Waals surface area contributed by atoms with Crippen LogP contribution in [0.25, 0.3) is 0 Å². The van der Waals surface area contributed by atoms with Gasteiger partial charge in [0.05, 0.1) is 7.11 Å². The van der Waals surface area contributed by atoms with Crippen molar-refractivity contribution < 1.29 is 14.3 Å². The van der Waals surface area contributed by atoms with Crippen molar-refractivity contribution in [1.29, 1.82) is 0 Å². The van der Waals surface area contributed by atoms with E-state index in [9.17, 15) is 9.59 Å². The van der Waals surface area contributed by atoms with Crippen molar-refractivity contribution in [3.05, 3.63) is 35.4 Å². The number of carbonyl (C=O) groups excluding carboxylic acids is 2. The second-order valence-corrected chi connectivity index (χ2v) is 4.38. The van der Waals surface area contributed by atoms with Crippen LogP contribution in [-0.4, -0.2) is 25.0 Å². The van der Waals surface area contributed by atoms with Crippen molar-refractivity contribution in [3.63, 3.8) is 0 Å². The van der Waals surface area contributed by atoms with Crippen LogP contribution in [0, 0.1) is 6.92 Å².